The van der Waals surface area contributed by atoms with Crippen molar-refractivity contribution < 1.29 is 14.3 Å². The van der Waals surface area contributed by atoms with Gasteiger partial charge in [0.05, 0.1) is 18.3 Å². The summed E-state index contributed by atoms with van der Waals surface area (Å²) in [7, 11) is 1.53. The molecule has 2 aromatic heterocycles. The molecule has 30 heavy (non-hydrogen) atoms. The van der Waals surface area contributed by atoms with Gasteiger partial charge in [-0.25, -0.2) is 4.98 Å². The Balaban J connectivity index is 1.75. The van der Waals surface area contributed by atoms with Gasteiger partial charge < -0.3 is 15.0 Å². The van der Waals surface area contributed by atoms with Crippen molar-refractivity contribution in [3.8, 4) is 5.75 Å². The van der Waals surface area contributed by atoms with Gasteiger partial charge in [0.1, 0.15) is 17.0 Å². The minimum Gasteiger partial charge on any atom is -0.494 e. The van der Waals surface area contributed by atoms with E-state index in [1.807, 2.05) is 24.5 Å². The van der Waals surface area contributed by atoms with Crippen LogP contribution in [0.2, 0.25) is 0 Å². The molecular weight excluding hydrogens is 384 g/mol. The van der Waals surface area contributed by atoms with Crippen LogP contribution >= 0.6 is 0 Å². The first kappa shape index (κ1) is 19.9. The summed E-state index contributed by atoms with van der Waals surface area (Å²) in [5.74, 6) is 0.514. The van der Waals surface area contributed by atoms with Crippen LogP contribution in [0.15, 0.2) is 18.2 Å². The molecule has 0 atom stereocenters. The molecule has 0 spiro atoms. The van der Waals surface area contributed by atoms with E-state index in [9.17, 15) is 9.59 Å². The predicted octanol–water partition coefficient (Wildman–Crippen LogP) is 2.90. The topological polar surface area (TPSA) is 117 Å². The number of imidazole rings is 1. The summed E-state index contributed by atoms with van der Waals surface area (Å²) >= 11 is 0. The molecule has 0 radical (unpaired) electrons. The molecule has 4 rings (SSSR count). The first-order chi connectivity index (χ1) is 14.5. The van der Waals surface area contributed by atoms with Crippen LogP contribution in [0.4, 0.5) is 5.95 Å². The van der Waals surface area contributed by atoms with Crippen LogP contribution in [0.25, 0.3) is 11.0 Å². The molecule has 1 saturated carbocycles. The molecule has 0 saturated heterocycles. The van der Waals surface area contributed by atoms with Crippen LogP contribution in [-0.2, 0) is 13.1 Å². The second-order valence-corrected chi connectivity index (χ2v) is 7.50. The van der Waals surface area contributed by atoms with Gasteiger partial charge in [-0.3, -0.25) is 19.6 Å². The third kappa shape index (κ3) is 3.51. The maximum absolute atomic E-state index is 13.1. The van der Waals surface area contributed by atoms with Crippen molar-refractivity contribution in [1.82, 2.24) is 19.3 Å². The van der Waals surface area contributed by atoms with Gasteiger partial charge in [0.2, 0.25) is 11.9 Å². The Morgan fingerprint density at radius 1 is 1.27 bits per heavy atom. The van der Waals surface area contributed by atoms with E-state index in [2.05, 4.69) is 15.4 Å². The summed E-state index contributed by atoms with van der Waals surface area (Å²) in [6.07, 6.45) is 3.07. The number of hydrogen-bond acceptors (Lipinski definition) is 5. The molecule has 0 bridgehead atoms. The fourth-order valence-electron chi connectivity index (χ4n) is 3.67. The first-order valence-corrected chi connectivity index (χ1v) is 10.2. The van der Waals surface area contributed by atoms with Gasteiger partial charge in [-0.1, -0.05) is 6.92 Å². The number of methoxy groups -OCH3 is 1. The summed E-state index contributed by atoms with van der Waals surface area (Å²) in [5, 5.41) is 7.50. The zero-order valence-electron chi connectivity index (χ0n) is 17.4. The smallest absolute Gasteiger partial charge is 0.276 e. The van der Waals surface area contributed by atoms with E-state index >= 15 is 0 Å². The summed E-state index contributed by atoms with van der Waals surface area (Å²) < 4.78 is 9.10. The highest BCUT2D eigenvalue weighted by Gasteiger charge is 2.29. The number of aryl methyl sites for hydroxylation is 2. The Kier molecular flexibility index (Phi) is 5.19. The molecule has 3 aromatic rings. The molecule has 3 N–H and O–H groups in total. The van der Waals surface area contributed by atoms with Crippen molar-refractivity contribution in [3.05, 3.63) is 35.2 Å². The van der Waals surface area contributed by atoms with Crippen LogP contribution in [0, 0.1) is 0 Å². The lowest BCUT2D eigenvalue weighted by atomic mass is 10.1. The van der Waals surface area contributed by atoms with E-state index in [0.29, 0.717) is 53.0 Å². The molecule has 1 aromatic carbocycles. The van der Waals surface area contributed by atoms with E-state index < -0.39 is 5.91 Å². The van der Waals surface area contributed by atoms with Crippen molar-refractivity contribution >= 4 is 28.8 Å². The number of anilines is 1. The number of hydrogen-bond donors (Lipinski definition) is 2. The molecule has 1 aliphatic rings. The minimum atomic E-state index is -0.565. The number of primary amides is 1. The third-order valence-corrected chi connectivity index (χ3v) is 5.31. The number of carbonyl (C=O) groups is 2. The fraction of sp³-hybridized carbons (Fsp3) is 0.429. The number of carbonyl (C=O) groups excluding carboxylic acids is 2. The molecule has 9 heteroatoms. The highest BCUT2D eigenvalue weighted by molar-refractivity contribution is 6.04. The van der Waals surface area contributed by atoms with Crippen LogP contribution in [-0.4, -0.2) is 38.3 Å². The number of fused-ring (bicyclic) bond motifs is 1. The summed E-state index contributed by atoms with van der Waals surface area (Å²) in [4.78, 5) is 29.3. The summed E-state index contributed by atoms with van der Waals surface area (Å²) in [5.41, 5.74) is 8.48. The molecular formula is C21H26N6O3. The van der Waals surface area contributed by atoms with E-state index in [4.69, 9.17) is 10.5 Å². The molecule has 0 unspecified atom stereocenters. The van der Waals surface area contributed by atoms with Crippen LogP contribution < -0.4 is 15.8 Å². The van der Waals surface area contributed by atoms with E-state index in [-0.39, 0.29) is 5.91 Å². The van der Waals surface area contributed by atoms with Crippen LogP contribution in [0.3, 0.4) is 0 Å². The molecule has 1 aliphatic carbocycles. The van der Waals surface area contributed by atoms with E-state index in [1.54, 1.807) is 16.8 Å². The van der Waals surface area contributed by atoms with Gasteiger partial charge in [-0.15, -0.1) is 0 Å². The molecule has 2 heterocycles. The number of amides is 2. The Morgan fingerprint density at radius 2 is 2.03 bits per heavy atom. The highest BCUT2D eigenvalue weighted by atomic mass is 16.5. The Labute approximate surface area is 174 Å². The number of nitrogens with two attached hydrogens (primary N) is 1. The van der Waals surface area contributed by atoms with Gasteiger partial charge in [0.25, 0.3) is 5.91 Å². The maximum atomic E-state index is 13.1. The zero-order valence-corrected chi connectivity index (χ0v) is 17.4. The molecule has 158 valence electrons. The molecule has 9 nitrogen and oxygen atoms in total. The standard InChI is InChI=1S/C21H26N6O3/c1-4-8-26-18-15(9-13(19(22)28)10-17(18)30-3)23-21(26)24-20(29)16-11-14(12-6-7-12)25-27(16)5-2/h9-12H,4-8H2,1-3H3,(H2,22,28)(H,23,24,29). The van der Waals surface area contributed by atoms with Crippen LogP contribution in [0.5, 0.6) is 5.75 Å². The fourth-order valence-corrected chi connectivity index (χ4v) is 3.67. The second-order valence-electron chi connectivity index (χ2n) is 7.50. The number of nitrogens with one attached hydrogen (secondary N) is 1. The van der Waals surface area contributed by atoms with Crippen molar-refractivity contribution in [2.75, 3.05) is 12.4 Å². The average Bonchev–Trinajstić information content (AvgIpc) is 3.40. The van der Waals surface area contributed by atoms with Gasteiger partial charge >= 0.3 is 0 Å². The number of nitrogens with zero attached hydrogens (tertiary/aromatic N) is 4. The van der Waals surface area contributed by atoms with Gasteiger partial charge in [0.15, 0.2) is 0 Å². The van der Waals surface area contributed by atoms with E-state index in [0.717, 1.165) is 25.0 Å². The van der Waals surface area contributed by atoms with Crippen molar-refractivity contribution in [1.29, 1.82) is 0 Å². The van der Waals surface area contributed by atoms with Crippen LogP contribution in [0.1, 0.15) is 65.6 Å². The Hall–Kier alpha value is -3.36. The molecule has 0 aliphatic heterocycles. The minimum absolute atomic E-state index is 0.266. The first-order valence-electron chi connectivity index (χ1n) is 10.2. The van der Waals surface area contributed by atoms with E-state index in [1.165, 1.54) is 7.11 Å². The van der Waals surface area contributed by atoms with Crippen molar-refractivity contribution in [2.24, 2.45) is 5.73 Å². The number of aromatic nitrogens is 4. The highest BCUT2D eigenvalue weighted by Crippen LogP contribution is 2.39. The number of ether oxygens (including phenoxy) is 1. The molecule has 2 amide bonds. The summed E-state index contributed by atoms with van der Waals surface area (Å²) in [6, 6.07) is 5.08. The SMILES string of the molecule is CCCn1c(NC(=O)c2cc(C3CC3)nn2CC)nc2cc(C(N)=O)cc(OC)c21. The molecule has 1 fully saturated rings. The normalized spacial score (nSPS) is 13.6. The Bertz CT molecular complexity index is 1130. The number of benzene rings is 1. The second kappa shape index (κ2) is 7.81. The van der Waals surface area contributed by atoms with Gasteiger partial charge in [-0.05, 0) is 44.4 Å². The van der Waals surface area contributed by atoms with Gasteiger partial charge in [0, 0.05) is 24.6 Å². The van der Waals surface area contributed by atoms with Crippen molar-refractivity contribution in [3.63, 3.8) is 0 Å². The largest absolute Gasteiger partial charge is 0.494 e. The van der Waals surface area contributed by atoms with Gasteiger partial charge in [-0.2, -0.15) is 5.10 Å². The average molecular weight is 410 g/mol. The third-order valence-electron chi connectivity index (χ3n) is 5.31. The lowest BCUT2D eigenvalue weighted by Crippen LogP contribution is -2.20. The monoisotopic (exact) mass is 410 g/mol. The number of rotatable bonds is 8. The lowest BCUT2D eigenvalue weighted by molar-refractivity contribution is 0.0995. The summed E-state index contributed by atoms with van der Waals surface area (Å²) in [6.45, 7) is 5.23. The zero-order chi connectivity index (χ0) is 21.4. The Morgan fingerprint density at radius 3 is 2.63 bits per heavy atom. The lowest BCUT2D eigenvalue weighted by Gasteiger charge is -2.11. The van der Waals surface area contributed by atoms with Crippen molar-refractivity contribution in [2.45, 2.75) is 52.1 Å². The maximum Gasteiger partial charge on any atom is 0.276 e. The predicted molar refractivity (Wildman–Crippen MR) is 113 cm³/mol. The quantitative estimate of drug-likeness (QED) is 0.592.